The maximum absolute atomic E-state index is 15.3. The number of aliphatic hydroxyl groups excluding tert-OH is 1. The van der Waals surface area contributed by atoms with Gasteiger partial charge in [0, 0.05) is 88.2 Å². The van der Waals surface area contributed by atoms with Gasteiger partial charge in [0.2, 0.25) is 65.0 Å². The number of rotatable bonds is 41. The zero-order valence-electron chi connectivity index (χ0n) is 66.6. The summed E-state index contributed by atoms with van der Waals surface area (Å²) in [6.07, 6.45) is -1.21. The van der Waals surface area contributed by atoms with Gasteiger partial charge in [0.05, 0.1) is 6.61 Å². The zero-order chi connectivity index (χ0) is 86.9. The number of benzene rings is 5. The highest BCUT2D eigenvalue weighted by atomic mass is 35.5. The van der Waals surface area contributed by atoms with Crippen molar-refractivity contribution < 1.29 is 96.2 Å². The predicted molar refractivity (Wildman–Crippen MR) is 428 cm³/mol. The summed E-state index contributed by atoms with van der Waals surface area (Å²) < 4.78 is 31.5. The first-order valence-electron chi connectivity index (χ1n) is 38.4. The number of carboxylic acids is 1. The zero-order valence-corrected chi connectivity index (χ0v) is 67.3. The molecule has 14 amide bonds. The Labute approximate surface area is 685 Å². The first-order valence-corrected chi connectivity index (χ1v) is 38.8. The van der Waals surface area contributed by atoms with Crippen LogP contribution < -0.4 is 80.4 Å². The lowest BCUT2D eigenvalue weighted by molar-refractivity contribution is -0.344. The fourth-order valence-electron chi connectivity index (χ4n) is 12.7. The average Bonchev–Trinajstić information content (AvgIpc) is 1.60. The molecule has 2 heterocycles. The van der Waals surface area contributed by atoms with E-state index in [0.717, 1.165) is 10.8 Å². The van der Waals surface area contributed by atoms with Crippen LogP contribution in [0.1, 0.15) is 120 Å². The number of fused-ring (bicyclic) bond motifs is 1. The number of likely N-dealkylation sites (tertiary alicyclic amines) is 1. The lowest BCUT2D eigenvalue weighted by Gasteiger charge is -2.31. The number of alkyl halides is 3. The molecule has 10 atom stereocenters. The van der Waals surface area contributed by atoms with E-state index in [1.165, 1.54) is 38.1 Å². The van der Waals surface area contributed by atoms with Crippen LogP contribution in [0.15, 0.2) is 140 Å². The average molecular weight is 1660 g/mol. The molecule has 36 heteroatoms. The number of carbonyl (C=O) groups excluding carboxylic acids is 14. The van der Waals surface area contributed by atoms with Crippen molar-refractivity contribution in [3.05, 3.63) is 178 Å². The van der Waals surface area contributed by atoms with Crippen molar-refractivity contribution in [2.45, 2.75) is 198 Å². The summed E-state index contributed by atoms with van der Waals surface area (Å²) in [6, 6.07) is 21.5. The number of nitrogens with zero attached hydrogens (tertiary/aromatic N) is 2. The minimum Gasteiger partial charge on any atom is -0.542 e. The Morgan fingerprint density at radius 1 is 0.559 bits per heavy atom. The van der Waals surface area contributed by atoms with Gasteiger partial charge in [-0.15, -0.1) is 0 Å². The number of urea groups is 1. The van der Waals surface area contributed by atoms with Crippen molar-refractivity contribution in [1.29, 1.82) is 0 Å². The van der Waals surface area contributed by atoms with Gasteiger partial charge in [0.1, 0.15) is 66.4 Å². The van der Waals surface area contributed by atoms with Crippen molar-refractivity contribution in [2.75, 3.05) is 25.0 Å². The highest BCUT2D eigenvalue weighted by molar-refractivity contribution is 6.30. The Balaban J connectivity index is 0.00000295. The van der Waals surface area contributed by atoms with E-state index in [9.17, 15) is 71.0 Å². The number of nitrogens with two attached hydrogens (primary N) is 1. The number of halogens is 4. The summed E-state index contributed by atoms with van der Waals surface area (Å²) in [5.41, 5.74) is 12.3. The van der Waals surface area contributed by atoms with Gasteiger partial charge in [-0.05, 0) is 132 Å². The Morgan fingerprint density at radius 3 is 1.50 bits per heavy atom. The van der Waals surface area contributed by atoms with Crippen LogP contribution in [-0.4, -0.2) is 190 Å². The monoisotopic (exact) mass is 1660 g/mol. The summed E-state index contributed by atoms with van der Waals surface area (Å²) >= 11 is 6.26. The van der Waals surface area contributed by atoms with Crippen molar-refractivity contribution >= 4 is 111 Å². The number of quaternary nitrogens is 1. The molecule has 0 unspecified atom stereocenters. The molecule has 1 aliphatic heterocycles. The number of anilines is 1. The molecular formula is C82H104ClF3N16O16. The van der Waals surface area contributed by atoms with Crippen LogP contribution in [0.4, 0.5) is 23.7 Å². The van der Waals surface area contributed by atoms with Crippen molar-refractivity contribution in [2.24, 2.45) is 11.7 Å². The number of aliphatic hydroxyl groups is 1. The van der Waals surface area contributed by atoms with Gasteiger partial charge in [0.15, 0.2) is 0 Å². The summed E-state index contributed by atoms with van der Waals surface area (Å²) in [7, 11) is 0. The molecular weight excluding hydrogens is 1560 g/mol. The third-order valence-corrected chi connectivity index (χ3v) is 19.0. The molecule has 1 fully saturated rings. The quantitative estimate of drug-likeness (QED) is 0.0240. The van der Waals surface area contributed by atoms with Gasteiger partial charge in [-0.3, -0.25) is 63.5 Å². The lowest BCUT2D eigenvalue weighted by atomic mass is 9.99. The minimum absolute atomic E-state index is 0.0210. The molecule has 5 aromatic carbocycles. The second-order valence-electron chi connectivity index (χ2n) is 29.4. The predicted octanol–water partition coefficient (Wildman–Crippen LogP) is 1.20. The number of unbranched alkanes of at least 4 members (excludes halogenated alkanes) is 1. The molecule has 0 radical (unpaired) electrons. The van der Waals surface area contributed by atoms with Gasteiger partial charge in [-0.2, -0.15) is 13.2 Å². The van der Waals surface area contributed by atoms with Gasteiger partial charge in [0.25, 0.3) is 0 Å². The number of carbonyl (C=O) groups is 14. The van der Waals surface area contributed by atoms with Crippen LogP contribution in [0.25, 0.3) is 10.8 Å². The van der Waals surface area contributed by atoms with Crippen LogP contribution in [0.5, 0.6) is 0 Å². The molecule has 1 saturated heterocycles. The Hall–Kier alpha value is -11.9. The molecule has 0 spiro atoms. The maximum atomic E-state index is 15.3. The van der Waals surface area contributed by atoms with Crippen LogP contribution >= 0.6 is 11.6 Å². The van der Waals surface area contributed by atoms with E-state index in [1.54, 1.807) is 84.9 Å². The fourth-order valence-corrected chi connectivity index (χ4v) is 12.8. The minimum atomic E-state index is -5.19. The molecule has 0 aliphatic carbocycles. The van der Waals surface area contributed by atoms with E-state index in [2.05, 4.69) is 74.5 Å². The van der Waals surface area contributed by atoms with Crippen LogP contribution in [0.2, 0.25) is 5.02 Å². The SMILES string of the molecule is CC(=O)Nc1ccc(C[C@H](NC(=O)[C@H](CO)NC(=O)[C@@H](Cc2cccnc2)NC(=O)[C@@H](Cc2ccc(Cl)cc2)NC(=O)[C@@H](Cc2ccc3ccccc3c2)NC(C)=O)C(=O)N[C@H](Cc2ccc(CNC(N)=O)cc2)C(=O)N[C@@H](CC(C)C)C(=O)N[C@@H](CCCCNC(C)C)C(=O)N2CCC[C@H]2C(=O)N[C@H](C)C([NH3+])=O)cc1.O=C([O-])C(F)(F)F. The summed E-state index contributed by atoms with van der Waals surface area (Å²) in [6.45, 7) is 11.4. The normalized spacial score (nSPS) is 14.8. The number of hydrogen-bond acceptors (Lipinski definition) is 18. The number of aromatic nitrogens is 1. The van der Waals surface area contributed by atoms with Crippen molar-refractivity contribution in [3.8, 4) is 0 Å². The van der Waals surface area contributed by atoms with Crippen LogP contribution in [0, 0.1) is 5.92 Å². The van der Waals surface area contributed by atoms with Crippen LogP contribution in [0.3, 0.4) is 0 Å². The second-order valence-corrected chi connectivity index (χ2v) is 29.8. The molecule has 18 N–H and O–H groups in total. The molecule has 0 bridgehead atoms. The first-order chi connectivity index (χ1) is 55.8. The van der Waals surface area contributed by atoms with Gasteiger partial charge < -0.3 is 89.4 Å². The Morgan fingerprint density at radius 2 is 1.02 bits per heavy atom. The molecule has 636 valence electrons. The molecule has 1 aliphatic rings. The fraction of sp³-hybridized carbons (Fsp3) is 0.427. The molecule has 118 heavy (non-hydrogen) atoms. The van der Waals surface area contributed by atoms with E-state index in [0.29, 0.717) is 76.3 Å². The summed E-state index contributed by atoms with van der Waals surface area (Å²) in [4.78, 5) is 196. The number of primary amides is 1. The number of hydrogen-bond donors (Lipinski definition) is 15. The molecule has 7 rings (SSSR count). The van der Waals surface area contributed by atoms with E-state index in [4.69, 9.17) is 27.2 Å². The highest BCUT2D eigenvalue weighted by Crippen LogP contribution is 2.23. The largest absolute Gasteiger partial charge is 0.542 e. The molecule has 6 aromatic rings. The van der Waals surface area contributed by atoms with Gasteiger partial charge >= 0.3 is 18.1 Å². The lowest BCUT2D eigenvalue weighted by Crippen LogP contribution is -2.66. The summed E-state index contributed by atoms with van der Waals surface area (Å²) in [5.74, 6) is -12.1. The maximum Gasteiger partial charge on any atom is 0.430 e. The van der Waals surface area contributed by atoms with E-state index >= 15 is 9.59 Å². The third kappa shape index (κ3) is 32.3. The smallest absolute Gasteiger partial charge is 0.430 e. The molecule has 32 nitrogen and oxygen atoms in total. The van der Waals surface area contributed by atoms with Gasteiger partial charge in [-0.25, -0.2) is 9.59 Å². The third-order valence-electron chi connectivity index (χ3n) is 18.8. The number of amides is 14. The Bertz CT molecular complexity index is 4450. The van der Waals surface area contributed by atoms with E-state index < -0.39 is 150 Å². The van der Waals surface area contributed by atoms with Crippen molar-refractivity contribution in [3.63, 3.8) is 0 Å². The van der Waals surface area contributed by atoms with Gasteiger partial charge in [-0.1, -0.05) is 136 Å². The number of carboxylic acid groups (broad SMARTS) is 1. The van der Waals surface area contributed by atoms with Crippen LogP contribution in [-0.2, 0) is 101 Å². The topological polar surface area (TPSA) is 496 Å². The molecule has 1 aromatic heterocycles. The van der Waals surface area contributed by atoms with E-state index in [-0.39, 0.29) is 75.9 Å². The standard InChI is InChI=1S/C80H103ClN16O14.C2HF3O2/c1-46(2)36-62(71(102)90-61(17-10-11-34-85-47(3)4)79(110)97-35-13-18-69(97)78(109)87-48(5)70(82)101)91-73(104)64(38-51-19-21-54(22-20-51)44-86-80(83)111)93-75(106)66(40-53-26-31-60(32-27-53)88-49(6)99)95-77(108)68(45-98)96-76(107)67(42-56-14-12-33-84-43-56)94-74(105)65(39-52-24-29-59(81)30-25-52)92-72(103)63(89-50(7)100)41-55-23-28-57-15-8-9-16-58(57)37-55;3-2(4,5)1(6)7/h8-9,12,14-16,19-33,37,43,46-48,61-69,85,98H,10-11,13,17-18,34-36,38-42,44-45H2,1-7H3,(H2,82,101)(H,87,109)(H,88,99)(H,89,100)(H,90,102)(H,91,104)(H,92,103)(H,93,106)(H,94,105)(H,95,108)(H,96,107)(H3,83,86,111);(H,6,7)/t48-,61+,62+,63-,64-,65-,66+,67-,68+,69+;/m1./s1. The number of pyridine rings is 1. The number of nitrogens with one attached hydrogen (secondary N) is 12. The number of aliphatic carboxylic acids is 1. The van der Waals surface area contributed by atoms with E-state index in [1.807, 2.05) is 70.2 Å². The molecule has 0 saturated carbocycles. The van der Waals surface area contributed by atoms with Crippen molar-refractivity contribution in [1.82, 2.24) is 68.4 Å². The highest BCUT2D eigenvalue weighted by Gasteiger charge is 2.41. The summed E-state index contributed by atoms with van der Waals surface area (Å²) in [5, 5.41) is 55.2. The second kappa shape index (κ2) is 46.7. The Kier molecular flexibility index (Phi) is 37.6. The first kappa shape index (κ1) is 94.9.